The van der Waals surface area contributed by atoms with Crippen molar-refractivity contribution in [2.45, 2.75) is 20.3 Å². The molecular formula is C32H32FN3O3. The van der Waals surface area contributed by atoms with Gasteiger partial charge >= 0.3 is 0 Å². The first kappa shape index (κ1) is 26.2. The van der Waals surface area contributed by atoms with E-state index >= 15 is 0 Å². The van der Waals surface area contributed by atoms with Gasteiger partial charge in [0.2, 0.25) is 5.91 Å². The van der Waals surface area contributed by atoms with Gasteiger partial charge in [0.05, 0.1) is 24.8 Å². The van der Waals surface area contributed by atoms with Gasteiger partial charge in [-0.15, -0.1) is 0 Å². The molecule has 2 heterocycles. The normalized spacial score (nSPS) is 13.4. The Hall–Kier alpha value is -4.39. The van der Waals surface area contributed by atoms with Crippen LogP contribution >= 0.6 is 0 Å². The highest BCUT2D eigenvalue weighted by atomic mass is 19.1. The maximum absolute atomic E-state index is 13.7. The van der Waals surface area contributed by atoms with Crippen molar-refractivity contribution in [1.82, 2.24) is 14.4 Å². The van der Waals surface area contributed by atoms with E-state index in [0.717, 1.165) is 39.5 Å². The molecule has 0 unspecified atom stereocenters. The first-order valence-corrected chi connectivity index (χ1v) is 13.1. The molecule has 6 nitrogen and oxygen atoms in total. The average Bonchev–Trinajstić information content (AvgIpc) is 3.30. The first-order chi connectivity index (χ1) is 18.8. The lowest BCUT2D eigenvalue weighted by molar-refractivity contribution is -0.131. The minimum Gasteiger partial charge on any atom is -0.497 e. The van der Waals surface area contributed by atoms with E-state index in [2.05, 4.69) is 4.57 Å². The second-order valence-electron chi connectivity index (χ2n) is 9.90. The number of rotatable bonds is 6. The van der Waals surface area contributed by atoms with E-state index in [4.69, 9.17) is 4.74 Å². The lowest BCUT2D eigenvalue weighted by Gasteiger charge is -2.35. The van der Waals surface area contributed by atoms with Crippen molar-refractivity contribution in [3.8, 4) is 22.7 Å². The van der Waals surface area contributed by atoms with Crippen molar-refractivity contribution in [2.75, 3.05) is 33.3 Å². The maximum atomic E-state index is 13.7. The molecule has 0 radical (unpaired) electrons. The number of carbonyl (C=O) groups is 2. The minimum absolute atomic E-state index is 0.0487. The van der Waals surface area contributed by atoms with E-state index in [1.165, 1.54) is 12.1 Å². The van der Waals surface area contributed by atoms with Crippen molar-refractivity contribution in [1.29, 1.82) is 0 Å². The van der Waals surface area contributed by atoms with Crippen molar-refractivity contribution < 1.29 is 18.7 Å². The number of aromatic nitrogens is 1. The van der Waals surface area contributed by atoms with E-state index in [1.807, 2.05) is 78.2 Å². The Labute approximate surface area is 228 Å². The smallest absolute Gasteiger partial charge is 0.255 e. The van der Waals surface area contributed by atoms with Gasteiger partial charge in [-0.3, -0.25) is 9.59 Å². The predicted molar refractivity (Wildman–Crippen MR) is 150 cm³/mol. The quantitative estimate of drug-likeness (QED) is 0.337. The number of carbonyl (C=O) groups excluding carboxylic acids is 2. The summed E-state index contributed by atoms with van der Waals surface area (Å²) in [7, 11) is 1.61. The third-order valence-corrected chi connectivity index (χ3v) is 7.34. The zero-order chi connectivity index (χ0) is 27.5. The van der Waals surface area contributed by atoms with Crippen molar-refractivity contribution in [3.05, 3.63) is 107 Å². The van der Waals surface area contributed by atoms with E-state index in [9.17, 15) is 14.0 Å². The summed E-state index contributed by atoms with van der Waals surface area (Å²) in [5.41, 5.74) is 6.09. The minimum atomic E-state index is -0.306. The molecule has 5 rings (SSSR count). The Morgan fingerprint density at radius 3 is 2.05 bits per heavy atom. The van der Waals surface area contributed by atoms with Gasteiger partial charge in [-0.25, -0.2) is 4.39 Å². The summed E-state index contributed by atoms with van der Waals surface area (Å²) < 4.78 is 20.9. The van der Waals surface area contributed by atoms with Crippen LogP contribution in [0.15, 0.2) is 78.9 Å². The molecule has 1 aliphatic heterocycles. The zero-order valence-electron chi connectivity index (χ0n) is 22.5. The monoisotopic (exact) mass is 525 g/mol. The van der Waals surface area contributed by atoms with E-state index in [-0.39, 0.29) is 17.6 Å². The van der Waals surface area contributed by atoms with Gasteiger partial charge in [0, 0.05) is 37.6 Å². The summed E-state index contributed by atoms with van der Waals surface area (Å²) in [5.74, 6) is 0.434. The van der Waals surface area contributed by atoms with Gasteiger partial charge in [0.15, 0.2) is 0 Å². The van der Waals surface area contributed by atoms with Crippen LogP contribution < -0.4 is 4.74 Å². The van der Waals surface area contributed by atoms with E-state index < -0.39 is 0 Å². The number of methoxy groups -OCH3 is 1. The van der Waals surface area contributed by atoms with Gasteiger partial charge in [-0.05, 0) is 79.6 Å². The Kier molecular flexibility index (Phi) is 7.50. The van der Waals surface area contributed by atoms with Crippen LogP contribution in [0.2, 0.25) is 0 Å². The lowest BCUT2D eigenvalue weighted by Crippen LogP contribution is -2.51. The third-order valence-electron chi connectivity index (χ3n) is 7.34. The molecule has 0 N–H and O–H groups in total. The molecular weight excluding hydrogens is 493 g/mol. The zero-order valence-corrected chi connectivity index (χ0v) is 22.5. The molecule has 1 aromatic heterocycles. The summed E-state index contributed by atoms with van der Waals surface area (Å²) in [5, 5.41) is 0. The van der Waals surface area contributed by atoms with Crippen molar-refractivity contribution >= 4 is 11.8 Å². The van der Waals surface area contributed by atoms with Gasteiger partial charge in [0.1, 0.15) is 11.6 Å². The van der Waals surface area contributed by atoms with Crippen LogP contribution in [0.25, 0.3) is 16.9 Å². The highest BCUT2D eigenvalue weighted by Crippen LogP contribution is 2.31. The number of hydrogen-bond donors (Lipinski definition) is 0. The largest absolute Gasteiger partial charge is 0.497 e. The van der Waals surface area contributed by atoms with Crippen molar-refractivity contribution in [3.63, 3.8) is 0 Å². The summed E-state index contributed by atoms with van der Waals surface area (Å²) in [6.07, 6.45) is 0.317. The van der Waals surface area contributed by atoms with Gasteiger partial charge in [-0.1, -0.05) is 29.8 Å². The average molecular weight is 526 g/mol. The standard InChI is InChI=1S/C32H32FN3O3/c1-22-4-12-27(13-5-22)36-23(2)29(21-30(36)25-8-10-26(33)11-9-25)32(38)35-18-16-34(17-19-35)31(37)20-24-6-14-28(39-3)15-7-24/h4-15,21H,16-20H2,1-3H3. The molecule has 0 spiro atoms. The molecule has 1 aliphatic rings. The lowest BCUT2D eigenvalue weighted by atomic mass is 10.1. The highest BCUT2D eigenvalue weighted by molar-refractivity contribution is 5.97. The molecule has 1 saturated heterocycles. The van der Waals surface area contributed by atoms with Crippen molar-refractivity contribution in [2.24, 2.45) is 0 Å². The number of halogens is 1. The molecule has 0 bridgehead atoms. The molecule has 0 saturated carbocycles. The van der Waals surface area contributed by atoms with Gasteiger partial charge in [0.25, 0.3) is 5.91 Å². The second-order valence-corrected chi connectivity index (χ2v) is 9.90. The summed E-state index contributed by atoms with van der Waals surface area (Å²) in [6, 6.07) is 23.8. The predicted octanol–water partition coefficient (Wildman–Crippen LogP) is 5.44. The number of ether oxygens (including phenoxy) is 1. The molecule has 2 amide bonds. The molecule has 3 aromatic carbocycles. The van der Waals surface area contributed by atoms with Crippen LogP contribution in [0, 0.1) is 19.7 Å². The van der Waals surface area contributed by atoms with Gasteiger partial charge < -0.3 is 19.1 Å². The fraction of sp³-hybridized carbons (Fsp3) is 0.250. The van der Waals surface area contributed by atoms with Crippen LogP contribution in [0.3, 0.4) is 0 Å². The Morgan fingerprint density at radius 1 is 0.821 bits per heavy atom. The number of aryl methyl sites for hydroxylation is 1. The maximum Gasteiger partial charge on any atom is 0.255 e. The fourth-order valence-corrected chi connectivity index (χ4v) is 5.04. The number of hydrogen-bond acceptors (Lipinski definition) is 3. The topological polar surface area (TPSA) is 54.8 Å². The van der Waals surface area contributed by atoms with Gasteiger partial charge in [-0.2, -0.15) is 0 Å². The molecule has 7 heteroatoms. The van der Waals surface area contributed by atoms with Crippen LogP contribution in [0.5, 0.6) is 5.75 Å². The van der Waals surface area contributed by atoms with Crippen LogP contribution in [0.1, 0.15) is 27.2 Å². The Morgan fingerprint density at radius 2 is 1.44 bits per heavy atom. The van der Waals surface area contributed by atoms with E-state index in [0.29, 0.717) is 38.2 Å². The highest BCUT2D eigenvalue weighted by Gasteiger charge is 2.28. The molecule has 1 fully saturated rings. The molecule has 39 heavy (non-hydrogen) atoms. The number of amides is 2. The second kappa shape index (κ2) is 11.2. The third kappa shape index (κ3) is 5.58. The number of benzene rings is 3. The van der Waals surface area contributed by atoms with E-state index in [1.54, 1.807) is 19.2 Å². The van der Waals surface area contributed by atoms with Crippen LogP contribution in [-0.2, 0) is 11.2 Å². The SMILES string of the molecule is COc1ccc(CC(=O)N2CCN(C(=O)c3cc(-c4ccc(F)cc4)n(-c4ccc(C)cc4)c3C)CC2)cc1. The number of nitrogens with zero attached hydrogens (tertiary/aromatic N) is 3. The number of piperazine rings is 1. The fourth-order valence-electron chi connectivity index (χ4n) is 5.04. The summed E-state index contributed by atoms with van der Waals surface area (Å²) in [4.78, 5) is 30.3. The molecule has 0 aliphatic carbocycles. The molecule has 0 atom stereocenters. The summed E-state index contributed by atoms with van der Waals surface area (Å²) >= 11 is 0. The summed E-state index contributed by atoms with van der Waals surface area (Å²) in [6.45, 7) is 5.88. The Balaban J connectivity index is 1.34. The van der Waals surface area contributed by atoms with Crippen LogP contribution in [0.4, 0.5) is 4.39 Å². The van der Waals surface area contributed by atoms with Crippen LogP contribution in [-0.4, -0.2) is 59.5 Å². The molecule has 200 valence electrons. The Bertz CT molecular complexity index is 1470. The molecule has 4 aromatic rings. The first-order valence-electron chi connectivity index (χ1n) is 13.1.